The maximum absolute atomic E-state index is 11.8. The summed E-state index contributed by atoms with van der Waals surface area (Å²) < 4.78 is 16.6. The van der Waals surface area contributed by atoms with Gasteiger partial charge in [-0.05, 0) is 73.6 Å². The number of hydrogen-bond donors (Lipinski definition) is 1. The highest BCUT2D eigenvalue weighted by atomic mass is 35.5. The SMILES string of the molecule is COc1cc(/C=C(\Sc2nnc(-c3ccc(Cl)cc3)o2)C(=O)O)cc(Cl)c1OC(C)C. The van der Waals surface area contributed by atoms with Gasteiger partial charge < -0.3 is 19.0 Å². The molecular weight excluding hydrogens is 463 g/mol. The Kier molecular flexibility index (Phi) is 7.48. The highest BCUT2D eigenvalue weighted by Gasteiger charge is 2.18. The smallest absolute Gasteiger partial charge is 0.342 e. The molecule has 31 heavy (non-hydrogen) atoms. The summed E-state index contributed by atoms with van der Waals surface area (Å²) in [6, 6.07) is 10.1. The van der Waals surface area contributed by atoms with Gasteiger partial charge in [0.25, 0.3) is 5.22 Å². The van der Waals surface area contributed by atoms with Crippen LogP contribution in [0.1, 0.15) is 19.4 Å². The van der Waals surface area contributed by atoms with Crippen molar-refractivity contribution in [3.8, 4) is 23.0 Å². The number of rotatable bonds is 8. The van der Waals surface area contributed by atoms with Gasteiger partial charge in [-0.25, -0.2) is 4.79 Å². The van der Waals surface area contributed by atoms with E-state index in [9.17, 15) is 9.90 Å². The molecule has 1 aromatic heterocycles. The first-order valence-corrected chi connectivity index (χ1v) is 10.6. The molecule has 1 N–H and O–H groups in total. The molecule has 7 nitrogen and oxygen atoms in total. The molecule has 1 heterocycles. The average Bonchev–Trinajstić information content (AvgIpc) is 3.18. The molecule has 0 aliphatic heterocycles. The Morgan fingerprint density at radius 3 is 2.52 bits per heavy atom. The van der Waals surface area contributed by atoms with E-state index >= 15 is 0 Å². The van der Waals surface area contributed by atoms with Gasteiger partial charge in [-0.2, -0.15) is 0 Å². The minimum absolute atomic E-state index is 0.0399. The Balaban J connectivity index is 1.88. The maximum atomic E-state index is 11.8. The largest absolute Gasteiger partial charge is 0.493 e. The van der Waals surface area contributed by atoms with Crippen LogP contribution in [0.2, 0.25) is 10.0 Å². The lowest BCUT2D eigenvalue weighted by molar-refractivity contribution is -0.131. The molecule has 0 aliphatic rings. The highest BCUT2D eigenvalue weighted by molar-refractivity contribution is 8.03. The van der Waals surface area contributed by atoms with Gasteiger partial charge >= 0.3 is 5.97 Å². The second-order valence-corrected chi connectivity index (χ2v) is 8.33. The topological polar surface area (TPSA) is 94.7 Å². The number of aromatic nitrogens is 2. The molecule has 0 aliphatic carbocycles. The molecule has 0 unspecified atom stereocenters. The van der Waals surface area contributed by atoms with Crippen molar-refractivity contribution in [3.63, 3.8) is 0 Å². The van der Waals surface area contributed by atoms with E-state index in [0.717, 1.165) is 11.8 Å². The van der Waals surface area contributed by atoms with Crippen LogP contribution in [0.3, 0.4) is 0 Å². The Hall–Kier alpha value is -2.68. The number of carbonyl (C=O) groups is 1. The summed E-state index contributed by atoms with van der Waals surface area (Å²) >= 11 is 13.0. The molecule has 3 aromatic rings. The van der Waals surface area contributed by atoms with Crippen molar-refractivity contribution in [1.82, 2.24) is 10.2 Å². The highest BCUT2D eigenvalue weighted by Crippen LogP contribution is 2.38. The second kappa shape index (κ2) is 10.1. The summed E-state index contributed by atoms with van der Waals surface area (Å²) in [6.45, 7) is 3.73. The molecule has 162 valence electrons. The van der Waals surface area contributed by atoms with Crippen molar-refractivity contribution in [1.29, 1.82) is 0 Å². The third-order valence-corrected chi connectivity index (χ3v) is 5.19. The molecule has 0 saturated carbocycles. The fourth-order valence-corrected chi connectivity index (χ4v) is 3.58. The van der Waals surface area contributed by atoms with Crippen molar-refractivity contribution in [2.75, 3.05) is 7.11 Å². The fraction of sp³-hybridized carbons (Fsp3) is 0.190. The number of ether oxygens (including phenoxy) is 2. The number of hydrogen-bond acceptors (Lipinski definition) is 7. The number of carboxylic acids is 1. The van der Waals surface area contributed by atoms with Crippen LogP contribution < -0.4 is 9.47 Å². The van der Waals surface area contributed by atoms with Crippen LogP contribution in [0.25, 0.3) is 17.5 Å². The van der Waals surface area contributed by atoms with Gasteiger partial charge in [0.1, 0.15) is 4.91 Å². The molecule has 0 spiro atoms. The summed E-state index contributed by atoms with van der Waals surface area (Å²) in [4.78, 5) is 11.8. The summed E-state index contributed by atoms with van der Waals surface area (Å²) in [5.41, 5.74) is 1.18. The standard InChI is InChI=1S/C21H18Cl2N2O5S/c1-11(2)29-18-15(23)8-12(9-16(18)28-3)10-17(20(26)27)31-21-25-24-19(30-21)13-4-6-14(22)7-5-13/h4-11H,1-3H3,(H,26,27)/b17-10-. The number of halogens is 2. The van der Waals surface area contributed by atoms with Crippen LogP contribution in [0.4, 0.5) is 0 Å². The third kappa shape index (κ3) is 5.94. The maximum Gasteiger partial charge on any atom is 0.342 e. The van der Waals surface area contributed by atoms with E-state index < -0.39 is 5.97 Å². The van der Waals surface area contributed by atoms with Crippen molar-refractivity contribution < 1.29 is 23.8 Å². The van der Waals surface area contributed by atoms with Crippen LogP contribution in [-0.2, 0) is 4.79 Å². The quantitative estimate of drug-likeness (QED) is 0.307. The number of methoxy groups -OCH3 is 1. The lowest BCUT2D eigenvalue weighted by Gasteiger charge is -2.15. The second-order valence-electron chi connectivity index (χ2n) is 6.50. The average molecular weight is 481 g/mol. The van der Waals surface area contributed by atoms with Crippen LogP contribution in [-0.4, -0.2) is 34.5 Å². The van der Waals surface area contributed by atoms with Crippen LogP contribution in [0, 0.1) is 0 Å². The third-order valence-electron chi connectivity index (χ3n) is 3.81. The number of aliphatic carboxylic acids is 1. The van der Waals surface area contributed by atoms with E-state index in [2.05, 4.69) is 10.2 Å². The Bertz CT molecular complexity index is 1110. The zero-order valence-electron chi connectivity index (χ0n) is 16.8. The van der Waals surface area contributed by atoms with E-state index in [0.29, 0.717) is 32.7 Å². The van der Waals surface area contributed by atoms with Gasteiger partial charge in [0.05, 0.1) is 18.2 Å². The predicted octanol–water partition coefficient (Wildman–Crippen LogP) is 6.06. The van der Waals surface area contributed by atoms with Crippen molar-refractivity contribution in [2.45, 2.75) is 25.2 Å². The first-order valence-electron chi connectivity index (χ1n) is 9.03. The number of nitrogens with zero attached hydrogens (tertiary/aromatic N) is 2. The predicted molar refractivity (Wildman–Crippen MR) is 120 cm³/mol. The van der Waals surface area contributed by atoms with Crippen molar-refractivity contribution in [3.05, 3.63) is 56.9 Å². The normalized spacial score (nSPS) is 11.6. The van der Waals surface area contributed by atoms with E-state index in [1.807, 2.05) is 13.8 Å². The van der Waals surface area contributed by atoms with Crippen LogP contribution >= 0.6 is 35.0 Å². The Morgan fingerprint density at radius 1 is 1.19 bits per heavy atom. The molecule has 0 saturated heterocycles. The lowest BCUT2D eigenvalue weighted by Crippen LogP contribution is -2.07. The van der Waals surface area contributed by atoms with E-state index in [1.54, 1.807) is 36.4 Å². The van der Waals surface area contributed by atoms with E-state index in [4.69, 9.17) is 37.1 Å². The Labute approximate surface area is 193 Å². The molecule has 0 bridgehead atoms. The summed E-state index contributed by atoms with van der Waals surface area (Å²) in [5.74, 6) is -0.118. The minimum Gasteiger partial charge on any atom is -0.493 e. The van der Waals surface area contributed by atoms with Crippen LogP contribution in [0.15, 0.2) is 50.9 Å². The molecule has 0 amide bonds. The minimum atomic E-state index is -1.16. The molecule has 3 rings (SSSR count). The summed E-state index contributed by atoms with van der Waals surface area (Å²) in [7, 11) is 1.48. The molecule has 0 fully saturated rings. The Morgan fingerprint density at radius 2 is 1.90 bits per heavy atom. The molecule has 10 heteroatoms. The van der Waals surface area contributed by atoms with E-state index in [-0.39, 0.29) is 22.1 Å². The first-order chi connectivity index (χ1) is 14.8. The van der Waals surface area contributed by atoms with Gasteiger partial charge in [0.15, 0.2) is 11.5 Å². The molecule has 0 atom stereocenters. The first kappa shape index (κ1) is 23.0. The van der Waals surface area contributed by atoms with Gasteiger partial charge in [-0.1, -0.05) is 23.2 Å². The summed E-state index contributed by atoms with van der Waals surface area (Å²) in [6.07, 6.45) is 1.33. The summed E-state index contributed by atoms with van der Waals surface area (Å²) in [5, 5.41) is 18.5. The van der Waals surface area contributed by atoms with Gasteiger partial charge in [-0.3, -0.25) is 0 Å². The zero-order valence-corrected chi connectivity index (χ0v) is 19.1. The van der Waals surface area contributed by atoms with Gasteiger partial charge in [-0.15, -0.1) is 10.2 Å². The van der Waals surface area contributed by atoms with E-state index in [1.165, 1.54) is 13.2 Å². The van der Waals surface area contributed by atoms with Crippen molar-refractivity contribution in [2.24, 2.45) is 0 Å². The van der Waals surface area contributed by atoms with Crippen molar-refractivity contribution >= 4 is 47.0 Å². The van der Waals surface area contributed by atoms with Crippen LogP contribution in [0.5, 0.6) is 11.5 Å². The zero-order chi connectivity index (χ0) is 22.5. The molecule has 2 aromatic carbocycles. The fourth-order valence-electron chi connectivity index (χ4n) is 2.51. The number of benzene rings is 2. The monoisotopic (exact) mass is 480 g/mol. The molecule has 0 radical (unpaired) electrons. The molecular formula is C21H18Cl2N2O5S. The number of carboxylic acid groups (broad SMARTS) is 1. The van der Waals surface area contributed by atoms with Gasteiger partial charge in [0, 0.05) is 10.6 Å². The lowest BCUT2D eigenvalue weighted by atomic mass is 10.2. The van der Waals surface area contributed by atoms with Gasteiger partial charge in [0.2, 0.25) is 5.89 Å². The number of thioether (sulfide) groups is 1.